The van der Waals surface area contributed by atoms with Gasteiger partial charge in [-0.25, -0.2) is 10.1 Å². The minimum Gasteiger partial charge on any atom is -0.241 e. The van der Waals surface area contributed by atoms with Gasteiger partial charge in [-0.05, 0) is 0 Å². The number of aromatic amines is 1. The number of H-pyrrole nitrogens is 1. The summed E-state index contributed by atoms with van der Waals surface area (Å²) in [5.41, 5.74) is 0. The van der Waals surface area contributed by atoms with E-state index in [9.17, 15) is 0 Å². The van der Waals surface area contributed by atoms with Gasteiger partial charge in [-0.15, -0.1) is 5.10 Å². The first-order valence-corrected chi connectivity index (χ1v) is 2.61. The first kappa shape index (κ1) is 5.10. The Bertz CT molecular complexity index is 249. The largest absolute Gasteiger partial charge is 0.241 e. The van der Waals surface area contributed by atoms with Crippen molar-refractivity contribution in [3.8, 4) is 5.82 Å². The van der Waals surface area contributed by atoms with Gasteiger partial charge in [0.15, 0.2) is 5.82 Å². The minimum atomic E-state index is 0.650. The van der Waals surface area contributed by atoms with Crippen molar-refractivity contribution in [2.75, 3.05) is 0 Å². The summed E-state index contributed by atoms with van der Waals surface area (Å²) in [7, 11) is 0. The van der Waals surface area contributed by atoms with Crippen LogP contribution in [0.25, 0.3) is 5.82 Å². The van der Waals surface area contributed by atoms with Gasteiger partial charge in [0, 0.05) is 0 Å². The van der Waals surface area contributed by atoms with Crippen LogP contribution in [-0.4, -0.2) is 30.2 Å². The van der Waals surface area contributed by atoms with Crippen LogP contribution in [0.15, 0.2) is 12.5 Å². The fourth-order valence-corrected chi connectivity index (χ4v) is 0.594. The van der Waals surface area contributed by atoms with E-state index in [4.69, 9.17) is 0 Å². The van der Waals surface area contributed by atoms with Crippen LogP contribution in [0, 0.1) is 6.33 Å². The van der Waals surface area contributed by atoms with Gasteiger partial charge in [-0.2, -0.15) is 9.78 Å². The summed E-state index contributed by atoms with van der Waals surface area (Å²) in [6.07, 6.45) is 5.51. The molecule has 0 atom stereocenters. The molecule has 2 aromatic heterocycles. The fourth-order valence-electron chi connectivity index (χ4n) is 0.594. The molecule has 6 heteroatoms. The summed E-state index contributed by atoms with van der Waals surface area (Å²) in [4.78, 5) is 3.63. The molecule has 49 valence electrons. The van der Waals surface area contributed by atoms with E-state index in [-0.39, 0.29) is 0 Å². The topological polar surface area (TPSA) is 72.3 Å². The summed E-state index contributed by atoms with van der Waals surface area (Å²) in [6.45, 7) is 0. The number of rotatable bonds is 1. The number of hydrogen-bond acceptors (Lipinski definition) is 4. The minimum absolute atomic E-state index is 0.650. The van der Waals surface area contributed by atoms with E-state index in [2.05, 4.69) is 31.8 Å². The highest BCUT2D eigenvalue weighted by atomic mass is 15.4. The van der Waals surface area contributed by atoms with Crippen molar-refractivity contribution in [1.82, 2.24) is 30.2 Å². The van der Waals surface area contributed by atoms with Gasteiger partial charge in [-0.1, -0.05) is 5.21 Å². The normalized spacial score (nSPS) is 10.0. The van der Waals surface area contributed by atoms with Gasteiger partial charge in [-0.3, -0.25) is 0 Å². The Morgan fingerprint density at radius 1 is 1.60 bits per heavy atom. The Morgan fingerprint density at radius 2 is 2.60 bits per heavy atom. The monoisotopic (exact) mass is 135 g/mol. The van der Waals surface area contributed by atoms with E-state index in [0.717, 1.165) is 0 Å². The lowest BCUT2D eigenvalue weighted by Gasteiger charge is -1.87. The molecule has 1 radical (unpaired) electrons. The van der Waals surface area contributed by atoms with Gasteiger partial charge in [0.25, 0.3) is 0 Å². The highest BCUT2D eigenvalue weighted by molar-refractivity contribution is 5.10. The quantitative estimate of drug-likeness (QED) is 0.554. The molecule has 0 bridgehead atoms. The van der Waals surface area contributed by atoms with E-state index >= 15 is 0 Å². The lowest BCUT2D eigenvalue weighted by Crippen LogP contribution is -1.94. The Balaban J connectivity index is 2.48. The Morgan fingerprint density at radius 3 is 3.20 bits per heavy atom. The second-order valence-electron chi connectivity index (χ2n) is 1.61. The van der Waals surface area contributed by atoms with Crippen molar-refractivity contribution in [3.63, 3.8) is 0 Å². The van der Waals surface area contributed by atoms with Crippen LogP contribution in [0.2, 0.25) is 0 Å². The third-order valence-electron chi connectivity index (χ3n) is 1.01. The van der Waals surface area contributed by atoms with Crippen molar-refractivity contribution >= 4 is 0 Å². The van der Waals surface area contributed by atoms with Crippen molar-refractivity contribution < 1.29 is 0 Å². The zero-order valence-electron chi connectivity index (χ0n) is 4.89. The van der Waals surface area contributed by atoms with Crippen molar-refractivity contribution in [2.24, 2.45) is 0 Å². The average Bonchev–Trinajstić information content (AvgIpc) is 2.59. The highest BCUT2D eigenvalue weighted by Crippen LogP contribution is 1.92. The van der Waals surface area contributed by atoms with Crippen LogP contribution < -0.4 is 0 Å². The number of nitrogens with one attached hydrogen (secondary N) is 1. The molecule has 0 saturated heterocycles. The van der Waals surface area contributed by atoms with Crippen LogP contribution in [-0.2, 0) is 0 Å². The molecule has 0 aliphatic rings. The molecule has 0 fully saturated rings. The predicted molar refractivity (Wildman–Crippen MR) is 30.1 cm³/mol. The molecular weight excluding hydrogens is 132 g/mol. The summed E-state index contributed by atoms with van der Waals surface area (Å²) < 4.78 is 1.42. The molecule has 0 aliphatic heterocycles. The first-order valence-electron chi connectivity index (χ1n) is 2.61. The summed E-state index contributed by atoms with van der Waals surface area (Å²) in [6, 6.07) is 0. The molecule has 0 aliphatic carbocycles. The standard InChI is InChI=1S/C4H3N6/c1-4(8-9-6-1)10-3-5-2-7-10/h1-2H,(H,6,8,9). The molecule has 0 spiro atoms. The van der Waals surface area contributed by atoms with Gasteiger partial charge in [0.1, 0.15) is 6.33 Å². The zero-order chi connectivity index (χ0) is 6.81. The third kappa shape index (κ3) is 0.661. The van der Waals surface area contributed by atoms with Crippen LogP contribution in [0.4, 0.5) is 0 Å². The summed E-state index contributed by atoms with van der Waals surface area (Å²) >= 11 is 0. The van der Waals surface area contributed by atoms with Crippen LogP contribution in [0.3, 0.4) is 0 Å². The predicted octanol–water partition coefficient (Wildman–Crippen LogP) is -0.814. The first-order chi connectivity index (χ1) is 4.97. The molecule has 2 aromatic rings. The van der Waals surface area contributed by atoms with E-state index in [1.54, 1.807) is 0 Å². The van der Waals surface area contributed by atoms with Gasteiger partial charge in [0.05, 0.1) is 6.20 Å². The maximum absolute atomic E-state index is 3.80. The molecule has 10 heavy (non-hydrogen) atoms. The molecule has 1 N–H and O–H groups in total. The second kappa shape index (κ2) is 1.90. The van der Waals surface area contributed by atoms with E-state index in [0.29, 0.717) is 5.82 Å². The van der Waals surface area contributed by atoms with Crippen LogP contribution in [0.5, 0.6) is 0 Å². The lowest BCUT2D eigenvalue weighted by atomic mass is 10.8. The van der Waals surface area contributed by atoms with Crippen molar-refractivity contribution in [3.05, 3.63) is 18.9 Å². The lowest BCUT2D eigenvalue weighted by molar-refractivity contribution is 0.822. The van der Waals surface area contributed by atoms with Crippen LogP contribution in [0.1, 0.15) is 0 Å². The Kier molecular flexibility index (Phi) is 0.970. The molecule has 0 unspecified atom stereocenters. The average molecular weight is 135 g/mol. The maximum Gasteiger partial charge on any atom is 0.202 e. The van der Waals surface area contributed by atoms with Crippen LogP contribution >= 0.6 is 0 Å². The van der Waals surface area contributed by atoms with E-state index in [1.807, 2.05) is 0 Å². The summed E-state index contributed by atoms with van der Waals surface area (Å²) in [5, 5.41) is 13.5. The Labute approximate surface area is 55.9 Å². The van der Waals surface area contributed by atoms with Crippen molar-refractivity contribution in [2.45, 2.75) is 0 Å². The van der Waals surface area contributed by atoms with E-state index in [1.165, 1.54) is 17.2 Å². The smallest absolute Gasteiger partial charge is 0.202 e. The van der Waals surface area contributed by atoms with Gasteiger partial charge < -0.3 is 0 Å². The van der Waals surface area contributed by atoms with Gasteiger partial charge in [0.2, 0.25) is 6.33 Å². The molecule has 0 saturated carbocycles. The SMILES string of the molecule is [c]1ncnn1-c1cnn[nH]1. The zero-order valence-corrected chi connectivity index (χ0v) is 4.89. The molecule has 2 rings (SSSR count). The van der Waals surface area contributed by atoms with Crippen molar-refractivity contribution in [1.29, 1.82) is 0 Å². The van der Waals surface area contributed by atoms with Gasteiger partial charge >= 0.3 is 0 Å². The molecule has 0 aromatic carbocycles. The second-order valence-corrected chi connectivity index (χ2v) is 1.61. The van der Waals surface area contributed by atoms with E-state index < -0.39 is 0 Å². The summed E-state index contributed by atoms with van der Waals surface area (Å²) in [5.74, 6) is 0.650. The molecule has 0 amide bonds. The maximum atomic E-state index is 3.80. The third-order valence-corrected chi connectivity index (χ3v) is 1.01. The highest BCUT2D eigenvalue weighted by Gasteiger charge is 1.96. The fraction of sp³-hybridized carbons (Fsp3) is 0. The number of aromatic nitrogens is 6. The molecule has 6 nitrogen and oxygen atoms in total. The Hall–Kier alpha value is -1.72. The number of nitrogens with zero attached hydrogens (tertiary/aromatic N) is 5. The molecular formula is C4H3N6. The molecule has 2 heterocycles. The number of hydrogen-bond donors (Lipinski definition) is 1.